The number of nitrogens with zero attached hydrogens (tertiary/aromatic N) is 3. The number of methoxy groups -OCH3 is 1. The molecule has 1 atom stereocenters. The van der Waals surface area contributed by atoms with Crippen LogP contribution in [0.3, 0.4) is 0 Å². The maximum Gasteiger partial charge on any atom is 0.135 e. The Balaban J connectivity index is 1.84. The smallest absolute Gasteiger partial charge is 0.135 e. The number of thiophene rings is 1. The second-order valence-electron chi connectivity index (χ2n) is 7.15. The standard InChI is InChI=1S/C20H25FN4OS/c1-13-10-15-19(25-8-7-24(2)14(12-25)5-9-26-3)18-16(11-23-20(15)27-13)17(21)4-6-22-18/h4,6,10-11,14,23H,5,7-9,12H2,1-3H3. The van der Waals surface area contributed by atoms with Gasteiger partial charge >= 0.3 is 0 Å². The van der Waals surface area contributed by atoms with Crippen molar-refractivity contribution in [3.63, 3.8) is 0 Å². The van der Waals surface area contributed by atoms with Crippen LogP contribution in [0.1, 0.15) is 16.9 Å². The number of rotatable bonds is 4. The zero-order valence-corrected chi connectivity index (χ0v) is 16.8. The molecule has 1 saturated heterocycles. The molecule has 0 saturated carbocycles. The Morgan fingerprint density at radius 3 is 3.07 bits per heavy atom. The third-order valence-corrected chi connectivity index (χ3v) is 6.35. The van der Waals surface area contributed by atoms with Crippen LogP contribution in [-0.4, -0.2) is 61.2 Å². The van der Waals surface area contributed by atoms with Crippen molar-refractivity contribution in [3.05, 3.63) is 45.2 Å². The Labute approximate surface area is 162 Å². The van der Waals surface area contributed by atoms with E-state index in [1.807, 2.05) is 0 Å². The Morgan fingerprint density at radius 1 is 1.41 bits per heavy atom. The highest BCUT2D eigenvalue weighted by Crippen LogP contribution is 2.34. The fourth-order valence-corrected chi connectivity index (χ4v) is 4.76. The summed E-state index contributed by atoms with van der Waals surface area (Å²) < 4.78 is 19.8. The number of likely N-dealkylation sites (N-methyl/N-ethyl adjacent to an activating group) is 1. The van der Waals surface area contributed by atoms with Gasteiger partial charge in [-0.3, -0.25) is 9.88 Å². The highest BCUT2D eigenvalue weighted by molar-refractivity contribution is 7.16. The van der Waals surface area contributed by atoms with Crippen molar-refractivity contribution < 1.29 is 9.13 Å². The number of piperazine rings is 1. The van der Waals surface area contributed by atoms with Gasteiger partial charge in [0.1, 0.15) is 10.8 Å². The van der Waals surface area contributed by atoms with Gasteiger partial charge in [0.2, 0.25) is 0 Å². The van der Waals surface area contributed by atoms with Crippen LogP contribution < -0.4 is 15.9 Å². The maximum absolute atomic E-state index is 14.5. The number of nitrogens with one attached hydrogen (secondary N) is 1. The molecule has 27 heavy (non-hydrogen) atoms. The number of ether oxygens (including phenoxy) is 1. The molecule has 1 N–H and O–H groups in total. The highest BCUT2D eigenvalue weighted by Gasteiger charge is 2.29. The molecular formula is C20H25FN4OS. The Hall–Kier alpha value is -1.96. The van der Waals surface area contributed by atoms with Crippen molar-refractivity contribution in [1.82, 2.24) is 14.8 Å². The number of halogens is 1. The quantitative estimate of drug-likeness (QED) is 0.861. The molecule has 0 spiro atoms. The van der Waals surface area contributed by atoms with E-state index in [0.29, 0.717) is 16.6 Å². The van der Waals surface area contributed by atoms with Gasteiger partial charge in [0.25, 0.3) is 0 Å². The molecule has 1 fully saturated rings. The summed E-state index contributed by atoms with van der Waals surface area (Å²) in [6.07, 6.45) is 4.28. The summed E-state index contributed by atoms with van der Waals surface area (Å²) in [7, 11) is 3.91. The topological polar surface area (TPSA) is 40.6 Å². The van der Waals surface area contributed by atoms with Crippen LogP contribution in [0.25, 0.3) is 11.9 Å². The van der Waals surface area contributed by atoms with E-state index in [9.17, 15) is 4.39 Å². The summed E-state index contributed by atoms with van der Waals surface area (Å²) in [6.45, 7) is 5.56. The molecule has 0 radical (unpaired) electrons. The summed E-state index contributed by atoms with van der Waals surface area (Å²) in [5.74, 6) is -0.248. The van der Waals surface area contributed by atoms with Gasteiger partial charge in [0.05, 0.1) is 16.3 Å². The lowest BCUT2D eigenvalue weighted by Gasteiger charge is -2.41. The zero-order valence-electron chi connectivity index (χ0n) is 16.0. The largest absolute Gasteiger partial charge is 0.385 e. The lowest BCUT2D eigenvalue weighted by molar-refractivity contribution is 0.0960. The second-order valence-corrected chi connectivity index (χ2v) is 8.41. The fraction of sp³-hybridized carbons (Fsp3) is 0.450. The Bertz CT molecular complexity index is 957. The Kier molecular flexibility index (Phi) is 5.16. The number of hydrogen-bond donors (Lipinski definition) is 1. The third kappa shape index (κ3) is 3.47. The van der Waals surface area contributed by atoms with Gasteiger partial charge in [-0.15, -0.1) is 11.3 Å². The van der Waals surface area contributed by atoms with Crippen molar-refractivity contribution in [2.75, 3.05) is 45.7 Å². The minimum Gasteiger partial charge on any atom is -0.385 e. The number of hydrogen-bond acceptors (Lipinski definition) is 6. The van der Waals surface area contributed by atoms with Gasteiger partial charge in [0, 0.05) is 62.2 Å². The summed E-state index contributed by atoms with van der Waals surface area (Å²) in [6, 6.07) is 4.00. The number of fused-ring (bicyclic) bond motifs is 2. The van der Waals surface area contributed by atoms with Gasteiger partial charge in [-0.2, -0.15) is 0 Å². The fourth-order valence-electron chi connectivity index (χ4n) is 3.87. The highest BCUT2D eigenvalue weighted by atomic mass is 32.1. The summed E-state index contributed by atoms with van der Waals surface area (Å²) >= 11 is 1.69. The van der Waals surface area contributed by atoms with Gasteiger partial charge in [0.15, 0.2) is 0 Å². The summed E-state index contributed by atoms with van der Waals surface area (Å²) in [5, 5.41) is 5.60. The van der Waals surface area contributed by atoms with Crippen LogP contribution in [0.5, 0.6) is 0 Å². The first-order valence-electron chi connectivity index (χ1n) is 9.25. The van der Waals surface area contributed by atoms with E-state index >= 15 is 0 Å². The van der Waals surface area contributed by atoms with Crippen LogP contribution >= 0.6 is 11.3 Å². The molecular weight excluding hydrogens is 363 g/mol. The van der Waals surface area contributed by atoms with E-state index in [0.717, 1.165) is 48.9 Å². The number of pyridine rings is 1. The lowest BCUT2D eigenvalue weighted by Crippen LogP contribution is -2.52. The van der Waals surface area contributed by atoms with Crippen molar-refractivity contribution in [2.45, 2.75) is 19.4 Å². The molecule has 0 amide bonds. The molecule has 7 heteroatoms. The lowest BCUT2D eigenvalue weighted by atomic mass is 10.1. The first-order chi connectivity index (χ1) is 13.1. The predicted octanol–water partition coefficient (Wildman–Crippen LogP) is 1.56. The van der Waals surface area contributed by atoms with Crippen LogP contribution in [0.2, 0.25) is 0 Å². The van der Waals surface area contributed by atoms with Crippen LogP contribution in [-0.2, 0) is 4.74 Å². The summed E-state index contributed by atoms with van der Waals surface area (Å²) in [4.78, 5) is 10.6. The van der Waals surface area contributed by atoms with E-state index in [-0.39, 0.29) is 5.82 Å². The van der Waals surface area contributed by atoms with Crippen LogP contribution in [0.4, 0.5) is 9.39 Å². The van der Waals surface area contributed by atoms with Gasteiger partial charge in [-0.1, -0.05) is 0 Å². The van der Waals surface area contributed by atoms with E-state index in [1.165, 1.54) is 10.9 Å². The molecule has 2 aromatic rings. The molecule has 2 aliphatic rings. The normalized spacial score (nSPS) is 19.8. The molecule has 1 unspecified atom stereocenters. The molecule has 0 aliphatic carbocycles. The molecule has 5 nitrogen and oxygen atoms in total. The molecule has 0 aromatic carbocycles. The molecule has 4 heterocycles. The van der Waals surface area contributed by atoms with Crippen molar-refractivity contribution >= 4 is 28.2 Å². The van der Waals surface area contributed by atoms with Gasteiger partial charge < -0.3 is 15.0 Å². The van der Waals surface area contributed by atoms with E-state index in [1.54, 1.807) is 30.8 Å². The van der Waals surface area contributed by atoms with Gasteiger partial charge in [-0.05, 0) is 32.5 Å². The van der Waals surface area contributed by atoms with E-state index in [2.05, 4.69) is 40.1 Å². The minimum atomic E-state index is -0.248. The second kappa shape index (κ2) is 7.58. The van der Waals surface area contributed by atoms with Crippen molar-refractivity contribution in [2.24, 2.45) is 0 Å². The zero-order chi connectivity index (χ0) is 19.0. The van der Waals surface area contributed by atoms with Crippen LogP contribution in [0.15, 0.2) is 18.3 Å². The SMILES string of the molecule is COCCC1CN(C2=c3nccc(F)c3=CNc3sc(C)cc32)CCN1C. The Morgan fingerprint density at radius 2 is 2.26 bits per heavy atom. The average Bonchev–Trinajstić information content (AvgIpc) is 2.94. The molecule has 0 bridgehead atoms. The van der Waals surface area contributed by atoms with Crippen molar-refractivity contribution in [3.8, 4) is 0 Å². The van der Waals surface area contributed by atoms with E-state index < -0.39 is 0 Å². The van der Waals surface area contributed by atoms with E-state index in [4.69, 9.17) is 4.74 Å². The van der Waals surface area contributed by atoms with Crippen LogP contribution in [0, 0.1) is 12.7 Å². The molecule has 2 aliphatic heterocycles. The molecule has 4 rings (SSSR count). The predicted molar refractivity (Wildman–Crippen MR) is 108 cm³/mol. The first kappa shape index (κ1) is 18.4. The average molecular weight is 389 g/mol. The summed E-state index contributed by atoms with van der Waals surface area (Å²) in [5.41, 5.74) is 2.14. The molecule has 144 valence electrons. The minimum absolute atomic E-state index is 0.248. The third-order valence-electron chi connectivity index (χ3n) is 5.37. The monoisotopic (exact) mass is 388 g/mol. The maximum atomic E-state index is 14.5. The number of aromatic nitrogens is 1. The van der Waals surface area contributed by atoms with Gasteiger partial charge in [-0.25, -0.2) is 4.39 Å². The number of anilines is 1. The van der Waals surface area contributed by atoms with Crippen molar-refractivity contribution in [1.29, 1.82) is 0 Å². The first-order valence-corrected chi connectivity index (χ1v) is 10.1. The molecule has 2 aromatic heterocycles. The number of aryl methyl sites for hydroxylation is 1.